The summed E-state index contributed by atoms with van der Waals surface area (Å²) in [5.74, 6) is 2.96. The van der Waals surface area contributed by atoms with Gasteiger partial charge in [-0.1, -0.05) is 13.8 Å². The minimum atomic E-state index is 0.293. The number of hydrogen-bond acceptors (Lipinski definition) is 4. The van der Waals surface area contributed by atoms with Crippen LogP contribution in [0, 0.1) is 5.92 Å². The summed E-state index contributed by atoms with van der Waals surface area (Å²) in [5, 5.41) is 4.27. The van der Waals surface area contributed by atoms with Gasteiger partial charge in [-0.3, -0.25) is 9.89 Å². The van der Waals surface area contributed by atoms with E-state index in [0.717, 1.165) is 44.7 Å². The van der Waals surface area contributed by atoms with E-state index in [1.54, 1.807) is 0 Å². The molecule has 3 heterocycles. The molecule has 23 heavy (non-hydrogen) atoms. The van der Waals surface area contributed by atoms with Gasteiger partial charge in [0, 0.05) is 50.3 Å². The molecule has 0 aromatic heterocycles. The number of ether oxygens (including phenoxy) is 1. The van der Waals surface area contributed by atoms with Crippen molar-refractivity contribution in [1.29, 1.82) is 0 Å². The number of nitrogens with one attached hydrogen (secondary N) is 1. The molecule has 3 aliphatic heterocycles. The van der Waals surface area contributed by atoms with E-state index in [0.29, 0.717) is 17.4 Å². The summed E-state index contributed by atoms with van der Waals surface area (Å²) in [5.41, 5.74) is 0. The third-order valence-corrected chi connectivity index (χ3v) is 6.84. The normalized spacial score (nSPS) is 33.1. The SMILES string of the molecule is CN=C(NCC1CN2CCCC2CO1)N1CCSC(C(C)C)C1. The highest BCUT2D eigenvalue weighted by atomic mass is 32.2. The summed E-state index contributed by atoms with van der Waals surface area (Å²) in [4.78, 5) is 9.53. The van der Waals surface area contributed by atoms with E-state index in [-0.39, 0.29) is 0 Å². The standard InChI is InChI=1S/C17H32N4OS/c1-13(2)16-11-21(7-8-23-16)17(18-3)19-9-15-10-20-6-4-5-14(20)12-22-15/h13-16H,4-12H2,1-3H3,(H,18,19). The molecule has 0 bridgehead atoms. The first-order valence-corrected chi connectivity index (χ1v) is 10.1. The second-order valence-electron chi connectivity index (χ2n) is 7.27. The van der Waals surface area contributed by atoms with Crippen molar-refractivity contribution in [2.45, 2.75) is 44.1 Å². The predicted molar refractivity (Wildman–Crippen MR) is 98.4 cm³/mol. The van der Waals surface area contributed by atoms with Crippen LogP contribution in [0.4, 0.5) is 0 Å². The molecule has 0 amide bonds. The Morgan fingerprint density at radius 1 is 1.35 bits per heavy atom. The second-order valence-corrected chi connectivity index (χ2v) is 8.62. The first kappa shape index (κ1) is 17.4. The van der Waals surface area contributed by atoms with Gasteiger partial charge in [0.25, 0.3) is 0 Å². The maximum atomic E-state index is 6.05. The fourth-order valence-electron chi connectivity index (χ4n) is 3.82. The Hall–Kier alpha value is -0.460. The molecule has 0 aromatic carbocycles. The highest BCUT2D eigenvalue weighted by Crippen LogP contribution is 2.25. The van der Waals surface area contributed by atoms with Crippen molar-refractivity contribution in [1.82, 2.24) is 15.1 Å². The number of morpholine rings is 1. The minimum absolute atomic E-state index is 0.293. The summed E-state index contributed by atoms with van der Waals surface area (Å²) >= 11 is 2.10. The van der Waals surface area contributed by atoms with Crippen LogP contribution in [-0.4, -0.2) is 85.3 Å². The predicted octanol–water partition coefficient (Wildman–Crippen LogP) is 1.50. The van der Waals surface area contributed by atoms with E-state index in [9.17, 15) is 0 Å². The van der Waals surface area contributed by atoms with Crippen LogP contribution in [0.1, 0.15) is 26.7 Å². The minimum Gasteiger partial charge on any atom is -0.373 e. The first-order valence-electron chi connectivity index (χ1n) is 9.10. The summed E-state index contributed by atoms with van der Waals surface area (Å²) in [7, 11) is 1.90. The zero-order valence-electron chi connectivity index (χ0n) is 14.8. The molecule has 3 saturated heterocycles. The van der Waals surface area contributed by atoms with E-state index >= 15 is 0 Å². The summed E-state index contributed by atoms with van der Waals surface area (Å²) < 4.78 is 6.05. The van der Waals surface area contributed by atoms with Crippen LogP contribution in [0.15, 0.2) is 4.99 Å². The summed E-state index contributed by atoms with van der Waals surface area (Å²) in [6.45, 7) is 10.9. The average molecular weight is 341 g/mol. The molecule has 3 fully saturated rings. The molecule has 0 saturated carbocycles. The lowest BCUT2D eigenvalue weighted by Gasteiger charge is -2.38. The van der Waals surface area contributed by atoms with E-state index in [2.05, 4.69) is 45.7 Å². The molecule has 0 radical (unpaired) electrons. The topological polar surface area (TPSA) is 40.1 Å². The van der Waals surface area contributed by atoms with Crippen LogP contribution in [0.2, 0.25) is 0 Å². The van der Waals surface area contributed by atoms with Crippen molar-refractivity contribution in [3.63, 3.8) is 0 Å². The van der Waals surface area contributed by atoms with Gasteiger partial charge in [-0.05, 0) is 25.3 Å². The average Bonchev–Trinajstić information content (AvgIpc) is 3.03. The number of hydrogen-bond donors (Lipinski definition) is 1. The Labute approximate surface area is 145 Å². The molecule has 6 heteroatoms. The molecule has 3 rings (SSSR count). The number of fused-ring (bicyclic) bond motifs is 1. The molecule has 1 N–H and O–H groups in total. The van der Waals surface area contributed by atoms with E-state index in [1.807, 2.05) is 7.05 Å². The summed E-state index contributed by atoms with van der Waals surface area (Å²) in [6.07, 6.45) is 2.93. The van der Waals surface area contributed by atoms with Gasteiger partial charge >= 0.3 is 0 Å². The maximum Gasteiger partial charge on any atom is 0.193 e. The van der Waals surface area contributed by atoms with Crippen LogP contribution < -0.4 is 5.32 Å². The Bertz CT molecular complexity index is 417. The molecular weight excluding hydrogens is 308 g/mol. The fraction of sp³-hybridized carbons (Fsp3) is 0.941. The Kier molecular flexibility index (Phi) is 6.10. The quantitative estimate of drug-likeness (QED) is 0.623. The molecule has 132 valence electrons. The van der Waals surface area contributed by atoms with Crippen molar-refractivity contribution in [2.75, 3.05) is 52.1 Å². The number of thioether (sulfide) groups is 1. The Balaban J connectivity index is 1.48. The molecule has 3 aliphatic rings. The van der Waals surface area contributed by atoms with Crippen LogP contribution in [0.25, 0.3) is 0 Å². The van der Waals surface area contributed by atoms with Crippen LogP contribution in [-0.2, 0) is 4.74 Å². The lowest BCUT2D eigenvalue weighted by molar-refractivity contribution is -0.0454. The van der Waals surface area contributed by atoms with Crippen molar-refractivity contribution in [3.05, 3.63) is 0 Å². The van der Waals surface area contributed by atoms with E-state index in [1.165, 1.54) is 25.1 Å². The fourth-order valence-corrected chi connectivity index (χ4v) is 5.12. The van der Waals surface area contributed by atoms with E-state index < -0.39 is 0 Å². The Morgan fingerprint density at radius 2 is 2.22 bits per heavy atom. The van der Waals surface area contributed by atoms with Gasteiger partial charge in [-0.15, -0.1) is 0 Å². The van der Waals surface area contributed by atoms with Crippen LogP contribution >= 0.6 is 11.8 Å². The van der Waals surface area contributed by atoms with Crippen molar-refractivity contribution >= 4 is 17.7 Å². The third kappa shape index (κ3) is 4.34. The molecule has 0 spiro atoms. The number of guanidine groups is 1. The first-order chi connectivity index (χ1) is 11.2. The van der Waals surface area contributed by atoms with Gasteiger partial charge in [-0.25, -0.2) is 0 Å². The molecule has 3 unspecified atom stereocenters. The zero-order chi connectivity index (χ0) is 16.2. The van der Waals surface area contributed by atoms with Crippen molar-refractivity contribution in [2.24, 2.45) is 10.9 Å². The number of nitrogens with zero attached hydrogens (tertiary/aromatic N) is 3. The largest absolute Gasteiger partial charge is 0.373 e. The van der Waals surface area contributed by atoms with Crippen LogP contribution in [0.3, 0.4) is 0 Å². The smallest absolute Gasteiger partial charge is 0.193 e. The summed E-state index contributed by atoms with van der Waals surface area (Å²) in [6, 6.07) is 0.677. The van der Waals surface area contributed by atoms with Gasteiger partial charge in [0.2, 0.25) is 0 Å². The lowest BCUT2D eigenvalue weighted by atomic mass is 10.1. The highest BCUT2D eigenvalue weighted by molar-refractivity contribution is 8.00. The van der Waals surface area contributed by atoms with Crippen molar-refractivity contribution < 1.29 is 4.74 Å². The zero-order valence-corrected chi connectivity index (χ0v) is 15.6. The van der Waals surface area contributed by atoms with Gasteiger partial charge in [0.1, 0.15) is 0 Å². The van der Waals surface area contributed by atoms with Crippen molar-refractivity contribution in [3.8, 4) is 0 Å². The second kappa shape index (κ2) is 8.08. The third-order valence-electron chi connectivity index (χ3n) is 5.30. The molecule has 0 aliphatic carbocycles. The molecule has 3 atom stereocenters. The highest BCUT2D eigenvalue weighted by Gasteiger charge is 2.32. The molecule has 5 nitrogen and oxygen atoms in total. The molecule has 0 aromatic rings. The number of rotatable bonds is 3. The number of aliphatic imine (C=N–C) groups is 1. The van der Waals surface area contributed by atoms with Crippen LogP contribution in [0.5, 0.6) is 0 Å². The molecular formula is C17H32N4OS. The maximum absolute atomic E-state index is 6.05. The van der Waals surface area contributed by atoms with Gasteiger partial charge in [0.15, 0.2) is 5.96 Å². The Morgan fingerprint density at radius 3 is 3.00 bits per heavy atom. The van der Waals surface area contributed by atoms with Gasteiger partial charge in [-0.2, -0.15) is 11.8 Å². The monoisotopic (exact) mass is 340 g/mol. The van der Waals surface area contributed by atoms with E-state index in [4.69, 9.17) is 4.74 Å². The van der Waals surface area contributed by atoms with Gasteiger partial charge in [0.05, 0.1) is 12.7 Å². The van der Waals surface area contributed by atoms with Gasteiger partial charge < -0.3 is 15.0 Å². The lowest BCUT2D eigenvalue weighted by Crippen LogP contribution is -2.53.